The molecule has 6 heteroatoms. The third kappa shape index (κ3) is 6.16. The van der Waals surface area contributed by atoms with E-state index in [4.69, 9.17) is 14.6 Å². The van der Waals surface area contributed by atoms with Gasteiger partial charge in [-0.15, -0.1) is 0 Å². The zero-order valence-corrected chi connectivity index (χ0v) is 12.3. The lowest BCUT2D eigenvalue weighted by Crippen LogP contribution is -2.26. The number of ether oxygens (including phenoxy) is 2. The van der Waals surface area contributed by atoms with E-state index in [1.165, 1.54) is 0 Å². The van der Waals surface area contributed by atoms with Crippen LogP contribution in [0.2, 0.25) is 0 Å². The average Bonchev–Trinajstić information content (AvgIpc) is 2.46. The van der Waals surface area contributed by atoms with E-state index in [0.29, 0.717) is 25.3 Å². The number of methoxy groups -OCH3 is 1. The molecule has 2 N–H and O–H groups in total. The molecule has 0 aliphatic heterocycles. The summed E-state index contributed by atoms with van der Waals surface area (Å²) >= 11 is 0. The first-order valence-corrected chi connectivity index (χ1v) is 6.85. The molecule has 0 saturated heterocycles. The predicted molar refractivity (Wildman–Crippen MR) is 77.7 cm³/mol. The van der Waals surface area contributed by atoms with Crippen molar-refractivity contribution < 1.29 is 24.2 Å². The molecule has 0 heterocycles. The second-order valence-electron chi connectivity index (χ2n) is 4.40. The average molecular weight is 295 g/mol. The molecule has 0 aliphatic rings. The lowest BCUT2D eigenvalue weighted by molar-refractivity contribution is -0.138. The first-order chi connectivity index (χ1) is 10.1. The molecule has 21 heavy (non-hydrogen) atoms. The Labute approximate surface area is 124 Å². The minimum atomic E-state index is -0.973. The van der Waals surface area contributed by atoms with Crippen molar-refractivity contribution in [3.8, 4) is 11.5 Å². The Hall–Kier alpha value is -2.24. The molecule has 1 rings (SSSR count). The van der Waals surface area contributed by atoms with Crippen molar-refractivity contribution in [2.75, 3.05) is 20.3 Å². The van der Waals surface area contributed by atoms with Gasteiger partial charge in [-0.25, -0.2) is 0 Å². The van der Waals surface area contributed by atoms with Crippen molar-refractivity contribution in [1.29, 1.82) is 0 Å². The highest BCUT2D eigenvalue weighted by atomic mass is 16.5. The lowest BCUT2D eigenvalue weighted by Gasteiger charge is -2.12. The predicted octanol–water partition coefficient (Wildman–Crippen LogP) is 1.62. The fourth-order valence-electron chi connectivity index (χ4n) is 1.80. The van der Waals surface area contributed by atoms with Crippen LogP contribution in [0, 0.1) is 0 Å². The molecule has 116 valence electrons. The quantitative estimate of drug-likeness (QED) is 0.723. The molecule has 0 aromatic heterocycles. The van der Waals surface area contributed by atoms with Gasteiger partial charge in [-0.1, -0.05) is 6.07 Å². The second-order valence-corrected chi connectivity index (χ2v) is 4.40. The number of rotatable bonds is 9. The van der Waals surface area contributed by atoms with Crippen LogP contribution in [0.25, 0.3) is 0 Å². The van der Waals surface area contributed by atoms with Crippen LogP contribution < -0.4 is 14.8 Å². The van der Waals surface area contributed by atoms with Crippen LogP contribution in [0.4, 0.5) is 0 Å². The minimum absolute atomic E-state index is 0.00371. The number of benzene rings is 1. The highest BCUT2D eigenvalue weighted by Crippen LogP contribution is 2.25. The Bertz CT molecular complexity index is 487. The smallest absolute Gasteiger partial charge is 0.303 e. The van der Waals surface area contributed by atoms with Gasteiger partial charge in [0.25, 0.3) is 0 Å². The fraction of sp³-hybridized carbons (Fsp3) is 0.467. The van der Waals surface area contributed by atoms with Crippen molar-refractivity contribution in [2.24, 2.45) is 0 Å². The van der Waals surface area contributed by atoms with Crippen molar-refractivity contribution in [2.45, 2.75) is 26.2 Å². The summed E-state index contributed by atoms with van der Waals surface area (Å²) in [4.78, 5) is 21.8. The van der Waals surface area contributed by atoms with Crippen molar-refractivity contribution in [3.63, 3.8) is 0 Å². The normalized spacial score (nSPS) is 10.0. The molecule has 1 aromatic rings. The largest absolute Gasteiger partial charge is 0.497 e. The summed E-state index contributed by atoms with van der Waals surface area (Å²) in [6, 6.07) is 5.54. The van der Waals surface area contributed by atoms with E-state index in [1.54, 1.807) is 7.11 Å². The molecule has 0 unspecified atom stereocenters. The summed E-state index contributed by atoms with van der Waals surface area (Å²) in [5.41, 5.74) is 0.969. The third-order valence-corrected chi connectivity index (χ3v) is 2.86. The number of amides is 1. The van der Waals surface area contributed by atoms with Gasteiger partial charge in [0.1, 0.15) is 11.5 Å². The van der Waals surface area contributed by atoms with Gasteiger partial charge < -0.3 is 19.9 Å². The van der Waals surface area contributed by atoms with Crippen LogP contribution >= 0.6 is 0 Å². The molecular formula is C15H21NO5. The maximum absolute atomic E-state index is 11.4. The molecule has 0 spiro atoms. The Morgan fingerprint density at radius 3 is 2.67 bits per heavy atom. The molecule has 0 aliphatic carbocycles. The van der Waals surface area contributed by atoms with Crippen LogP contribution in [-0.4, -0.2) is 37.2 Å². The van der Waals surface area contributed by atoms with Gasteiger partial charge in [0.05, 0.1) is 20.1 Å². The van der Waals surface area contributed by atoms with Crippen LogP contribution in [-0.2, 0) is 16.0 Å². The van der Waals surface area contributed by atoms with Gasteiger partial charge in [0.15, 0.2) is 0 Å². The molecule has 6 nitrogen and oxygen atoms in total. The van der Waals surface area contributed by atoms with Crippen molar-refractivity contribution in [3.05, 3.63) is 23.8 Å². The van der Waals surface area contributed by atoms with Crippen LogP contribution in [0.5, 0.6) is 11.5 Å². The summed E-state index contributed by atoms with van der Waals surface area (Å²) < 4.78 is 10.7. The van der Waals surface area contributed by atoms with E-state index in [1.807, 2.05) is 25.1 Å². The fourth-order valence-corrected chi connectivity index (χ4v) is 1.80. The maximum atomic E-state index is 11.4. The number of carbonyl (C=O) groups is 2. The SMILES string of the molecule is CCOc1cc(OC)ccc1CCNC(=O)CCC(=O)O. The third-order valence-electron chi connectivity index (χ3n) is 2.86. The number of hydrogen-bond donors (Lipinski definition) is 2. The highest BCUT2D eigenvalue weighted by molar-refractivity contribution is 5.80. The Balaban J connectivity index is 2.50. The van der Waals surface area contributed by atoms with Gasteiger partial charge in [-0.3, -0.25) is 9.59 Å². The van der Waals surface area contributed by atoms with Crippen molar-refractivity contribution in [1.82, 2.24) is 5.32 Å². The molecule has 1 amide bonds. The molecule has 0 bridgehead atoms. The van der Waals surface area contributed by atoms with E-state index in [0.717, 1.165) is 11.3 Å². The second kappa shape index (κ2) is 8.84. The summed E-state index contributed by atoms with van der Waals surface area (Å²) in [5.74, 6) is 0.215. The highest BCUT2D eigenvalue weighted by Gasteiger charge is 2.08. The van der Waals surface area contributed by atoms with Gasteiger partial charge in [0, 0.05) is 19.0 Å². The number of carbonyl (C=O) groups excluding carboxylic acids is 1. The van der Waals surface area contributed by atoms with E-state index in [9.17, 15) is 9.59 Å². The van der Waals surface area contributed by atoms with E-state index >= 15 is 0 Å². The topological polar surface area (TPSA) is 84.9 Å². The minimum Gasteiger partial charge on any atom is -0.497 e. The summed E-state index contributed by atoms with van der Waals surface area (Å²) in [5, 5.41) is 11.2. The Kier molecular flexibility index (Phi) is 7.08. The number of carboxylic acids is 1. The Morgan fingerprint density at radius 2 is 2.05 bits per heavy atom. The summed E-state index contributed by atoms with van der Waals surface area (Å²) in [6.07, 6.45) is 0.451. The standard InChI is InChI=1S/C15H21NO5/c1-3-21-13-10-12(20-2)5-4-11(13)8-9-16-14(17)6-7-15(18)19/h4-5,10H,3,6-9H2,1-2H3,(H,16,17)(H,18,19). The molecular weight excluding hydrogens is 274 g/mol. The van der Waals surface area contributed by atoms with E-state index in [-0.39, 0.29) is 18.7 Å². The number of nitrogens with one attached hydrogen (secondary N) is 1. The summed E-state index contributed by atoms with van der Waals surface area (Å²) in [7, 11) is 1.59. The molecule has 0 radical (unpaired) electrons. The van der Waals surface area contributed by atoms with Crippen molar-refractivity contribution >= 4 is 11.9 Å². The summed E-state index contributed by atoms with van der Waals surface area (Å²) in [6.45, 7) is 2.88. The number of carboxylic acid groups (broad SMARTS) is 1. The molecule has 0 atom stereocenters. The van der Waals surface area contributed by atoms with E-state index in [2.05, 4.69) is 5.32 Å². The first kappa shape index (κ1) is 16.8. The van der Waals surface area contributed by atoms with Crippen LogP contribution in [0.15, 0.2) is 18.2 Å². The monoisotopic (exact) mass is 295 g/mol. The Morgan fingerprint density at radius 1 is 1.29 bits per heavy atom. The van der Waals surface area contributed by atoms with Gasteiger partial charge in [-0.2, -0.15) is 0 Å². The number of aliphatic carboxylic acids is 1. The van der Waals surface area contributed by atoms with Gasteiger partial charge in [0.2, 0.25) is 5.91 Å². The van der Waals surface area contributed by atoms with Gasteiger partial charge in [-0.05, 0) is 25.0 Å². The molecule has 0 saturated carbocycles. The molecule has 1 aromatic carbocycles. The first-order valence-electron chi connectivity index (χ1n) is 6.85. The van der Waals surface area contributed by atoms with Gasteiger partial charge >= 0.3 is 5.97 Å². The van der Waals surface area contributed by atoms with Crippen LogP contribution in [0.3, 0.4) is 0 Å². The number of hydrogen-bond acceptors (Lipinski definition) is 4. The van der Waals surface area contributed by atoms with E-state index < -0.39 is 5.97 Å². The maximum Gasteiger partial charge on any atom is 0.303 e. The lowest BCUT2D eigenvalue weighted by atomic mass is 10.1. The zero-order chi connectivity index (χ0) is 15.7. The zero-order valence-electron chi connectivity index (χ0n) is 12.3. The molecule has 0 fully saturated rings. The van der Waals surface area contributed by atoms with Crippen LogP contribution in [0.1, 0.15) is 25.3 Å².